The first-order chi connectivity index (χ1) is 12.1. The molecule has 2 aromatic heterocycles. The monoisotopic (exact) mass is 337 g/mol. The van der Waals surface area contributed by atoms with Gasteiger partial charge in [0.25, 0.3) is 5.56 Å². The zero-order valence-corrected chi connectivity index (χ0v) is 13.9. The molecule has 7 heteroatoms. The van der Waals surface area contributed by atoms with Crippen LogP contribution in [0.2, 0.25) is 0 Å². The third-order valence-corrected chi connectivity index (χ3v) is 3.73. The molecule has 0 saturated heterocycles. The van der Waals surface area contributed by atoms with Gasteiger partial charge in [-0.2, -0.15) is 0 Å². The van der Waals surface area contributed by atoms with E-state index in [9.17, 15) is 9.59 Å². The van der Waals surface area contributed by atoms with E-state index in [1.165, 1.54) is 29.7 Å². The maximum Gasteiger partial charge on any atom is 0.276 e. The largest absolute Gasteiger partial charge is 0.370 e. The number of Topliss-reactive ketones (excluding diaryl/α,β-unsaturated/α-hetero) is 1. The first-order valence-electron chi connectivity index (χ1n) is 8.02. The number of benzene rings is 1. The number of hydrogen-bond acceptors (Lipinski definition) is 5. The smallest absolute Gasteiger partial charge is 0.276 e. The van der Waals surface area contributed by atoms with Crippen molar-refractivity contribution in [1.82, 2.24) is 19.7 Å². The van der Waals surface area contributed by atoms with Gasteiger partial charge in [0, 0.05) is 30.8 Å². The Morgan fingerprint density at radius 3 is 2.80 bits per heavy atom. The highest BCUT2D eigenvalue weighted by atomic mass is 16.1. The number of carbonyl (C=O) groups excluding carboxylic acids is 1. The average Bonchev–Trinajstić information content (AvgIpc) is 2.96. The van der Waals surface area contributed by atoms with Crippen LogP contribution in [0.15, 0.2) is 53.7 Å². The minimum absolute atomic E-state index is 0.0609. The van der Waals surface area contributed by atoms with E-state index >= 15 is 0 Å². The molecule has 3 rings (SSSR count). The molecular weight excluding hydrogens is 318 g/mol. The van der Waals surface area contributed by atoms with Crippen LogP contribution in [0.5, 0.6) is 0 Å². The quantitative estimate of drug-likeness (QED) is 0.685. The fourth-order valence-corrected chi connectivity index (χ4v) is 2.52. The van der Waals surface area contributed by atoms with Crippen molar-refractivity contribution in [3.05, 3.63) is 70.4 Å². The predicted octanol–water partition coefficient (Wildman–Crippen LogP) is 1.74. The second-order valence-corrected chi connectivity index (χ2v) is 5.74. The lowest BCUT2D eigenvalue weighted by molar-refractivity contribution is -0.116. The van der Waals surface area contributed by atoms with Crippen LogP contribution in [-0.2, 0) is 17.6 Å². The summed E-state index contributed by atoms with van der Waals surface area (Å²) in [7, 11) is 0. The number of aromatic nitrogens is 4. The summed E-state index contributed by atoms with van der Waals surface area (Å²) < 4.78 is 1.31. The van der Waals surface area contributed by atoms with E-state index in [1.807, 2.05) is 18.2 Å². The Morgan fingerprint density at radius 2 is 2.04 bits per heavy atom. The Labute approximate surface area is 144 Å². The Kier molecular flexibility index (Phi) is 5.03. The Balaban J connectivity index is 1.70. The molecule has 0 aliphatic carbocycles. The van der Waals surface area contributed by atoms with Crippen LogP contribution in [0.1, 0.15) is 18.1 Å². The molecule has 2 heterocycles. The van der Waals surface area contributed by atoms with Crippen molar-refractivity contribution in [2.75, 3.05) is 11.9 Å². The fourth-order valence-electron chi connectivity index (χ4n) is 2.52. The molecule has 25 heavy (non-hydrogen) atoms. The standard InChI is InChI=1S/C18H19N5O2/c1-13(24)9-15-11-22-23(18(15)25)17-10-16(20-12-21-17)19-8-7-14-5-3-2-4-6-14/h2-6,10-12,22H,7-9H2,1H3,(H,19,20,21). The molecule has 7 nitrogen and oxygen atoms in total. The van der Waals surface area contributed by atoms with E-state index in [0.717, 1.165) is 13.0 Å². The fraction of sp³-hybridized carbons (Fsp3) is 0.222. The van der Waals surface area contributed by atoms with Gasteiger partial charge in [-0.25, -0.2) is 14.6 Å². The van der Waals surface area contributed by atoms with E-state index in [0.29, 0.717) is 17.2 Å². The third-order valence-electron chi connectivity index (χ3n) is 3.73. The maximum atomic E-state index is 12.3. The number of aromatic amines is 1. The molecule has 3 aromatic rings. The van der Waals surface area contributed by atoms with Gasteiger partial charge in [0.2, 0.25) is 0 Å². The third kappa shape index (κ3) is 4.20. The number of nitrogens with one attached hydrogen (secondary N) is 2. The van der Waals surface area contributed by atoms with E-state index in [1.54, 1.807) is 6.07 Å². The highest BCUT2D eigenvalue weighted by molar-refractivity contribution is 5.77. The number of H-pyrrole nitrogens is 1. The Morgan fingerprint density at radius 1 is 1.24 bits per heavy atom. The lowest BCUT2D eigenvalue weighted by Crippen LogP contribution is -2.20. The van der Waals surface area contributed by atoms with Crippen LogP contribution in [0.25, 0.3) is 5.82 Å². The average molecular weight is 337 g/mol. The van der Waals surface area contributed by atoms with Crippen LogP contribution in [-0.4, -0.2) is 32.1 Å². The second kappa shape index (κ2) is 7.57. The van der Waals surface area contributed by atoms with Crippen LogP contribution >= 0.6 is 0 Å². The van der Waals surface area contributed by atoms with Crippen LogP contribution < -0.4 is 10.9 Å². The molecule has 128 valence electrons. The van der Waals surface area contributed by atoms with E-state index < -0.39 is 0 Å². The lowest BCUT2D eigenvalue weighted by Gasteiger charge is -2.07. The van der Waals surface area contributed by atoms with Gasteiger partial charge in [-0.1, -0.05) is 30.3 Å². The molecule has 0 atom stereocenters. The van der Waals surface area contributed by atoms with Crippen molar-refractivity contribution >= 4 is 11.6 Å². The molecule has 0 radical (unpaired) electrons. The summed E-state index contributed by atoms with van der Waals surface area (Å²) >= 11 is 0. The first kappa shape index (κ1) is 16.6. The number of carbonyl (C=O) groups is 1. The van der Waals surface area contributed by atoms with Gasteiger partial charge in [-0.3, -0.25) is 14.7 Å². The zero-order valence-electron chi connectivity index (χ0n) is 13.9. The lowest BCUT2D eigenvalue weighted by atomic mass is 10.1. The number of nitrogens with zero attached hydrogens (tertiary/aromatic N) is 3. The SMILES string of the molecule is CC(=O)Cc1c[nH]n(-c2cc(NCCc3ccccc3)ncn2)c1=O. The number of ketones is 1. The Hall–Kier alpha value is -3.22. The molecule has 1 aromatic carbocycles. The van der Waals surface area contributed by atoms with E-state index in [4.69, 9.17) is 0 Å². The van der Waals surface area contributed by atoms with Crippen molar-refractivity contribution < 1.29 is 4.79 Å². The van der Waals surface area contributed by atoms with Crippen molar-refractivity contribution in [2.24, 2.45) is 0 Å². The summed E-state index contributed by atoms with van der Waals surface area (Å²) in [5, 5.41) is 6.07. The predicted molar refractivity (Wildman–Crippen MR) is 95.0 cm³/mol. The Bertz CT molecular complexity index is 914. The van der Waals surface area contributed by atoms with Gasteiger partial charge in [0.1, 0.15) is 17.9 Å². The highest BCUT2D eigenvalue weighted by Gasteiger charge is 2.11. The normalized spacial score (nSPS) is 10.6. The summed E-state index contributed by atoms with van der Waals surface area (Å²) in [6.45, 7) is 2.17. The number of rotatable bonds is 7. The number of hydrogen-bond donors (Lipinski definition) is 2. The van der Waals surface area contributed by atoms with E-state index in [2.05, 4.69) is 32.5 Å². The molecule has 0 aliphatic heterocycles. The van der Waals surface area contributed by atoms with Gasteiger partial charge < -0.3 is 5.32 Å². The molecule has 0 fully saturated rings. The van der Waals surface area contributed by atoms with Crippen molar-refractivity contribution in [3.8, 4) is 5.82 Å². The van der Waals surface area contributed by atoms with Crippen LogP contribution in [0.4, 0.5) is 5.82 Å². The molecule has 0 unspecified atom stereocenters. The van der Waals surface area contributed by atoms with Gasteiger partial charge in [0.05, 0.1) is 0 Å². The van der Waals surface area contributed by atoms with Crippen molar-refractivity contribution in [2.45, 2.75) is 19.8 Å². The second-order valence-electron chi connectivity index (χ2n) is 5.74. The molecular formula is C18H19N5O2. The molecule has 0 saturated carbocycles. The molecule has 2 N–H and O–H groups in total. The number of anilines is 1. The van der Waals surface area contributed by atoms with Crippen molar-refractivity contribution in [1.29, 1.82) is 0 Å². The maximum absolute atomic E-state index is 12.3. The topological polar surface area (TPSA) is 92.7 Å². The summed E-state index contributed by atoms with van der Waals surface area (Å²) in [5.74, 6) is 1.00. The van der Waals surface area contributed by atoms with Gasteiger partial charge in [-0.05, 0) is 18.9 Å². The van der Waals surface area contributed by atoms with E-state index in [-0.39, 0.29) is 17.8 Å². The summed E-state index contributed by atoms with van der Waals surface area (Å²) in [4.78, 5) is 31.8. The minimum Gasteiger partial charge on any atom is -0.370 e. The van der Waals surface area contributed by atoms with Crippen molar-refractivity contribution in [3.63, 3.8) is 0 Å². The molecule has 0 bridgehead atoms. The van der Waals surface area contributed by atoms with Gasteiger partial charge in [-0.15, -0.1) is 0 Å². The van der Waals surface area contributed by atoms with Gasteiger partial charge in [0.15, 0.2) is 5.82 Å². The molecule has 0 spiro atoms. The molecule has 0 amide bonds. The van der Waals surface area contributed by atoms with Crippen LogP contribution in [0, 0.1) is 0 Å². The van der Waals surface area contributed by atoms with Crippen LogP contribution in [0.3, 0.4) is 0 Å². The minimum atomic E-state index is -0.274. The summed E-state index contributed by atoms with van der Waals surface area (Å²) in [6.07, 6.45) is 3.91. The summed E-state index contributed by atoms with van der Waals surface area (Å²) in [6, 6.07) is 11.8. The van der Waals surface area contributed by atoms with Gasteiger partial charge >= 0.3 is 0 Å². The molecule has 0 aliphatic rings. The summed E-state index contributed by atoms with van der Waals surface area (Å²) in [5.41, 5.74) is 1.38. The zero-order chi connectivity index (χ0) is 17.6. The first-order valence-corrected chi connectivity index (χ1v) is 8.02. The highest BCUT2D eigenvalue weighted by Crippen LogP contribution is 2.08.